The molecule has 0 amide bonds. The van der Waals surface area contributed by atoms with Gasteiger partial charge in [-0.25, -0.2) is 0 Å². The lowest BCUT2D eigenvalue weighted by Crippen LogP contribution is -2.50. The third-order valence-electron chi connectivity index (χ3n) is 9.61. The third kappa shape index (κ3) is 9.63. The van der Waals surface area contributed by atoms with Crippen LogP contribution in [-0.4, -0.2) is 60.3 Å². The standard InChI is InChI=1S/C32H56N2O/c35-31-19-15-11-7-2-1-6-10-14-18-29-25-33-21-16-12-8-4-3-5-9-13-17-28-23-30(32(29)20-22-33)26-34(24-28)27-31/h1-4,28-32,35H,5-27H2/b2-1-,4-3-/t28-,29+,30+,31-,32-/m0/s1. The van der Waals surface area contributed by atoms with Crippen LogP contribution < -0.4 is 0 Å². The zero-order chi connectivity index (χ0) is 24.1. The molecule has 0 aromatic heterocycles. The van der Waals surface area contributed by atoms with Crippen molar-refractivity contribution in [1.29, 1.82) is 0 Å². The fourth-order valence-electron chi connectivity index (χ4n) is 7.74. The Morgan fingerprint density at radius 3 is 1.89 bits per heavy atom. The maximum atomic E-state index is 10.9. The highest BCUT2D eigenvalue weighted by Gasteiger charge is 2.38. The molecular weight excluding hydrogens is 428 g/mol. The highest BCUT2D eigenvalue weighted by molar-refractivity contribution is 4.92. The molecule has 1 N–H and O–H groups in total. The average Bonchev–Trinajstić information content (AvgIpc) is 2.85. The van der Waals surface area contributed by atoms with Gasteiger partial charge >= 0.3 is 0 Å². The lowest BCUT2D eigenvalue weighted by atomic mass is 9.69. The van der Waals surface area contributed by atoms with Gasteiger partial charge in [0.25, 0.3) is 0 Å². The average molecular weight is 485 g/mol. The third-order valence-corrected chi connectivity index (χ3v) is 9.61. The predicted molar refractivity (Wildman–Crippen MR) is 150 cm³/mol. The largest absolute Gasteiger partial charge is 0.392 e. The lowest BCUT2D eigenvalue weighted by Gasteiger charge is -2.47. The molecule has 0 radical (unpaired) electrons. The van der Waals surface area contributed by atoms with Gasteiger partial charge in [-0.15, -0.1) is 0 Å². The lowest BCUT2D eigenvalue weighted by molar-refractivity contribution is 0.00263. The summed E-state index contributed by atoms with van der Waals surface area (Å²) in [5.74, 6) is 3.47. The monoisotopic (exact) mass is 484 g/mol. The van der Waals surface area contributed by atoms with Crippen LogP contribution in [-0.2, 0) is 0 Å². The zero-order valence-corrected chi connectivity index (χ0v) is 22.8. The van der Waals surface area contributed by atoms with Crippen molar-refractivity contribution >= 4 is 0 Å². The Labute approximate surface area is 217 Å². The van der Waals surface area contributed by atoms with Gasteiger partial charge in [0, 0.05) is 26.2 Å². The van der Waals surface area contributed by atoms with E-state index in [0.29, 0.717) is 0 Å². The smallest absolute Gasteiger partial charge is 0.0667 e. The summed E-state index contributed by atoms with van der Waals surface area (Å²) in [6.45, 7) is 7.37. The fourth-order valence-corrected chi connectivity index (χ4v) is 7.74. The van der Waals surface area contributed by atoms with Crippen LogP contribution >= 0.6 is 0 Å². The number of hydrogen-bond acceptors (Lipinski definition) is 3. The molecule has 5 rings (SSSR count). The van der Waals surface area contributed by atoms with Gasteiger partial charge in [0.15, 0.2) is 0 Å². The number of nitrogens with zero attached hydrogens (tertiary/aromatic N) is 2. The van der Waals surface area contributed by atoms with Crippen LogP contribution in [0, 0.1) is 23.7 Å². The highest BCUT2D eigenvalue weighted by Crippen LogP contribution is 2.40. The molecule has 0 aromatic carbocycles. The summed E-state index contributed by atoms with van der Waals surface area (Å²) in [5, 5.41) is 10.9. The Morgan fingerprint density at radius 2 is 1.14 bits per heavy atom. The minimum absolute atomic E-state index is 0.140. The molecular formula is C32H56N2O. The van der Waals surface area contributed by atoms with Gasteiger partial charge in [-0.1, -0.05) is 43.6 Å². The van der Waals surface area contributed by atoms with Crippen molar-refractivity contribution < 1.29 is 5.11 Å². The quantitative estimate of drug-likeness (QED) is 0.368. The molecule has 2 saturated heterocycles. The SMILES string of the molecule is O[C@H]1CCCC/C=C\CCCC[C@@H]2CN3CCCC/C=C\CCCC[C@H]4C[C@H](CN(C1)C4)[C@H]2CC3. The molecule has 3 nitrogen and oxygen atoms in total. The second kappa shape index (κ2) is 15.6. The van der Waals surface area contributed by atoms with Gasteiger partial charge < -0.3 is 14.9 Å². The van der Waals surface area contributed by atoms with Crippen molar-refractivity contribution in [3.05, 3.63) is 24.3 Å². The first kappa shape index (κ1) is 27.4. The maximum Gasteiger partial charge on any atom is 0.0667 e. The normalized spacial score (nSPS) is 41.1. The first-order valence-corrected chi connectivity index (χ1v) is 15.7. The van der Waals surface area contributed by atoms with E-state index >= 15 is 0 Å². The van der Waals surface area contributed by atoms with Gasteiger partial charge in [-0.2, -0.15) is 0 Å². The van der Waals surface area contributed by atoms with Crippen LogP contribution in [0.5, 0.6) is 0 Å². The van der Waals surface area contributed by atoms with Crippen LogP contribution in [0.1, 0.15) is 109 Å². The number of rotatable bonds is 0. The van der Waals surface area contributed by atoms with E-state index in [0.717, 1.165) is 36.6 Å². The molecule has 0 saturated carbocycles. The fraction of sp³-hybridized carbons (Fsp3) is 0.875. The molecule has 2 unspecified atom stereocenters. The molecule has 5 aliphatic rings. The van der Waals surface area contributed by atoms with Gasteiger partial charge in [0.1, 0.15) is 0 Å². The van der Waals surface area contributed by atoms with Crippen molar-refractivity contribution in [2.45, 2.75) is 115 Å². The molecule has 2 fully saturated rings. The molecule has 0 aliphatic carbocycles. The van der Waals surface area contributed by atoms with Gasteiger partial charge in [-0.05, 0) is 127 Å². The summed E-state index contributed by atoms with van der Waals surface area (Å²) in [6, 6.07) is 0. The van der Waals surface area contributed by atoms with Crippen LogP contribution in [0.25, 0.3) is 0 Å². The van der Waals surface area contributed by atoms with Crippen molar-refractivity contribution in [3.8, 4) is 0 Å². The number of fused-ring (bicyclic) bond motifs is 10. The summed E-state index contributed by atoms with van der Waals surface area (Å²) in [5.41, 5.74) is 0. The van der Waals surface area contributed by atoms with Crippen LogP contribution in [0.15, 0.2) is 24.3 Å². The minimum Gasteiger partial charge on any atom is -0.392 e. The second-order valence-corrected chi connectivity index (χ2v) is 12.5. The second-order valence-electron chi connectivity index (χ2n) is 12.5. The molecule has 0 spiro atoms. The van der Waals surface area contributed by atoms with Crippen molar-refractivity contribution in [2.24, 2.45) is 23.7 Å². The van der Waals surface area contributed by atoms with Crippen LogP contribution in [0.2, 0.25) is 0 Å². The van der Waals surface area contributed by atoms with Gasteiger partial charge in [0.2, 0.25) is 0 Å². The molecule has 3 heteroatoms. The Bertz CT molecular complexity index is 631. The number of aliphatic hydroxyl groups excluding tert-OH is 1. The van der Waals surface area contributed by atoms with Gasteiger partial charge in [0.05, 0.1) is 6.10 Å². The molecule has 200 valence electrons. The summed E-state index contributed by atoms with van der Waals surface area (Å²) in [7, 11) is 0. The van der Waals surface area contributed by atoms with Crippen molar-refractivity contribution in [1.82, 2.24) is 9.80 Å². The summed E-state index contributed by atoms with van der Waals surface area (Å²) in [4.78, 5) is 5.53. The number of piperidine rings is 2. The summed E-state index contributed by atoms with van der Waals surface area (Å²) < 4.78 is 0. The van der Waals surface area contributed by atoms with Crippen LogP contribution in [0.4, 0.5) is 0 Å². The molecule has 5 aliphatic heterocycles. The van der Waals surface area contributed by atoms with Gasteiger partial charge in [-0.3, -0.25) is 0 Å². The van der Waals surface area contributed by atoms with Crippen LogP contribution in [0.3, 0.4) is 0 Å². The van der Waals surface area contributed by atoms with E-state index in [-0.39, 0.29) is 6.10 Å². The van der Waals surface area contributed by atoms with E-state index in [1.165, 1.54) is 135 Å². The molecule has 0 aromatic rings. The number of aliphatic hydroxyl groups is 1. The highest BCUT2D eigenvalue weighted by atomic mass is 16.3. The van der Waals surface area contributed by atoms with E-state index in [2.05, 4.69) is 34.1 Å². The van der Waals surface area contributed by atoms with E-state index in [1.807, 2.05) is 0 Å². The minimum atomic E-state index is -0.140. The Morgan fingerprint density at radius 1 is 0.514 bits per heavy atom. The van der Waals surface area contributed by atoms with E-state index in [9.17, 15) is 5.11 Å². The molecule has 5 heterocycles. The number of hydrogen-bond donors (Lipinski definition) is 1. The topological polar surface area (TPSA) is 26.7 Å². The Hall–Kier alpha value is -0.640. The first-order chi connectivity index (χ1) is 17.3. The van der Waals surface area contributed by atoms with E-state index in [4.69, 9.17) is 0 Å². The first-order valence-electron chi connectivity index (χ1n) is 15.7. The van der Waals surface area contributed by atoms with Crippen molar-refractivity contribution in [2.75, 3.05) is 39.3 Å². The molecule has 6 bridgehead atoms. The van der Waals surface area contributed by atoms with E-state index in [1.54, 1.807) is 0 Å². The Balaban J connectivity index is 1.49. The zero-order valence-electron chi connectivity index (χ0n) is 22.8. The molecule has 7 atom stereocenters. The Kier molecular flexibility index (Phi) is 12.2. The maximum absolute atomic E-state index is 10.9. The summed E-state index contributed by atoms with van der Waals surface area (Å²) >= 11 is 0. The summed E-state index contributed by atoms with van der Waals surface area (Å²) in [6.07, 6.45) is 31.9. The molecule has 35 heavy (non-hydrogen) atoms. The predicted octanol–water partition coefficient (Wildman–Crippen LogP) is 7.21. The van der Waals surface area contributed by atoms with Crippen molar-refractivity contribution in [3.63, 3.8) is 0 Å². The van der Waals surface area contributed by atoms with E-state index < -0.39 is 0 Å². The number of allylic oxidation sites excluding steroid dienone is 4.